The number of nitro benzene ring substituents is 2. The summed E-state index contributed by atoms with van der Waals surface area (Å²) in [7, 11) is 0. The molecule has 5 rings (SSSR count). The standard InChI is InChI=1S/C33H22N2O6/c36-34(37)28-17-18-33(32(22-28)35(38)39)41-20-8-14-25-10-2-1-9-24(25)13-7-19-40-23-31-29-15-5-3-11-26(29)21-27-12-4-6-16-30(27)31/h1-6,9-12,15-18,21-22H,19-20,23H2. The maximum Gasteiger partial charge on any atom is 0.317 e. The van der Waals surface area contributed by atoms with Crippen molar-refractivity contribution in [2.75, 3.05) is 13.2 Å². The number of nitro groups is 2. The van der Waals surface area contributed by atoms with Crippen LogP contribution in [0.5, 0.6) is 5.75 Å². The highest BCUT2D eigenvalue weighted by Crippen LogP contribution is 2.31. The van der Waals surface area contributed by atoms with Gasteiger partial charge in [0.15, 0.2) is 5.75 Å². The van der Waals surface area contributed by atoms with Crippen LogP contribution in [0.4, 0.5) is 11.4 Å². The number of rotatable bonds is 7. The van der Waals surface area contributed by atoms with Crippen molar-refractivity contribution >= 4 is 32.9 Å². The van der Waals surface area contributed by atoms with E-state index in [1.165, 1.54) is 6.07 Å². The molecule has 200 valence electrons. The number of hydrogen-bond acceptors (Lipinski definition) is 6. The van der Waals surface area contributed by atoms with E-state index in [2.05, 4.69) is 54.0 Å². The molecule has 0 heterocycles. The van der Waals surface area contributed by atoms with Crippen molar-refractivity contribution in [2.24, 2.45) is 0 Å². The van der Waals surface area contributed by atoms with Gasteiger partial charge in [0.2, 0.25) is 0 Å². The van der Waals surface area contributed by atoms with E-state index >= 15 is 0 Å². The molecule has 0 amide bonds. The quantitative estimate of drug-likeness (QED) is 0.0736. The molecule has 0 fully saturated rings. The Labute approximate surface area is 235 Å². The van der Waals surface area contributed by atoms with Crippen LogP contribution in [0, 0.1) is 43.9 Å². The minimum absolute atomic E-state index is 0.0981. The summed E-state index contributed by atoms with van der Waals surface area (Å²) in [4.78, 5) is 20.8. The minimum Gasteiger partial charge on any atom is -0.474 e. The first-order valence-electron chi connectivity index (χ1n) is 12.6. The molecule has 0 radical (unpaired) electrons. The first-order chi connectivity index (χ1) is 20.0. The predicted molar refractivity (Wildman–Crippen MR) is 157 cm³/mol. The fraction of sp³-hybridized carbons (Fsp3) is 0.0909. The Hall–Kier alpha value is -5.70. The number of nitrogens with zero attached hydrogens (tertiary/aromatic N) is 2. The maximum absolute atomic E-state index is 11.3. The lowest BCUT2D eigenvalue weighted by Crippen LogP contribution is -2.00. The Balaban J connectivity index is 1.25. The zero-order valence-corrected chi connectivity index (χ0v) is 21.7. The zero-order chi connectivity index (χ0) is 28.6. The van der Waals surface area contributed by atoms with E-state index in [1.807, 2.05) is 48.5 Å². The molecule has 0 aliphatic rings. The smallest absolute Gasteiger partial charge is 0.317 e. The van der Waals surface area contributed by atoms with E-state index in [9.17, 15) is 20.2 Å². The van der Waals surface area contributed by atoms with Crippen molar-refractivity contribution in [2.45, 2.75) is 6.61 Å². The third kappa shape index (κ3) is 6.31. The summed E-state index contributed by atoms with van der Waals surface area (Å²) in [5.41, 5.74) is 1.61. The lowest BCUT2D eigenvalue weighted by molar-refractivity contribution is -0.394. The Morgan fingerprint density at radius 2 is 1.24 bits per heavy atom. The second-order valence-electron chi connectivity index (χ2n) is 8.89. The summed E-state index contributed by atoms with van der Waals surface area (Å²) in [5.74, 6) is 11.9. The first-order valence-corrected chi connectivity index (χ1v) is 12.6. The van der Waals surface area contributed by atoms with Gasteiger partial charge in [0.1, 0.15) is 13.2 Å². The van der Waals surface area contributed by atoms with Crippen LogP contribution in [0.2, 0.25) is 0 Å². The van der Waals surface area contributed by atoms with E-state index in [4.69, 9.17) is 9.47 Å². The SMILES string of the molecule is O=[N+]([O-])c1ccc(OCC#Cc2ccccc2C#CCOCc2c3ccccc3cc3ccccc23)c([N+](=O)[O-])c1. The molecule has 0 saturated heterocycles. The van der Waals surface area contributed by atoms with E-state index in [-0.39, 0.29) is 19.0 Å². The van der Waals surface area contributed by atoms with Gasteiger partial charge in [-0.3, -0.25) is 20.2 Å². The normalized spacial score (nSPS) is 10.3. The third-order valence-corrected chi connectivity index (χ3v) is 6.33. The highest BCUT2D eigenvalue weighted by Gasteiger charge is 2.20. The topological polar surface area (TPSA) is 105 Å². The van der Waals surface area contributed by atoms with E-state index in [0.717, 1.165) is 39.2 Å². The van der Waals surface area contributed by atoms with Crippen LogP contribution >= 0.6 is 0 Å². The van der Waals surface area contributed by atoms with Crippen molar-refractivity contribution in [3.63, 3.8) is 0 Å². The lowest BCUT2D eigenvalue weighted by Gasteiger charge is -2.11. The van der Waals surface area contributed by atoms with Gasteiger partial charge in [-0.05, 0) is 51.4 Å². The Morgan fingerprint density at radius 3 is 1.85 bits per heavy atom. The lowest BCUT2D eigenvalue weighted by atomic mass is 9.97. The summed E-state index contributed by atoms with van der Waals surface area (Å²) in [5, 5.41) is 26.8. The average molecular weight is 543 g/mol. The van der Waals surface area contributed by atoms with Gasteiger partial charge in [0.05, 0.1) is 22.5 Å². The molecule has 0 saturated carbocycles. The van der Waals surface area contributed by atoms with Gasteiger partial charge in [-0.1, -0.05) is 84.3 Å². The van der Waals surface area contributed by atoms with Gasteiger partial charge in [-0.15, -0.1) is 0 Å². The van der Waals surface area contributed by atoms with E-state index < -0.39 is 21.2 Å². The molecular formula is C33H22N2O6. The maximum atomic E-state index is 11.3. The zero-order valence-electron chi connectivity index (χ0n) is 21.7. The van der Waals surface area contributed by atoms with E-state index in [0.29, 0.717) is 17.7 Å². The molecule has 8 heteroatoms. The van der Waals surface area contributed by atoms with Gasteiger partial charge >= 0.3 is 5.69 Å². The molecule has 0 N–H and O–H groups in total. The molecule has 0 atom stereocenters. The molecule has 5 aromatic carbocycles. The summed E-state index contributed by atoms with van der Waals surface area (Å²) < 4.78 is 11.4. The van der Waals surface area contributed by atoms with Gasteiger partial charge in [0.25, 0.3) is 5.69 Å². The number of non-ortho nitro benzene ring substituents is 1. The Bertz CT molecular complexity index is 1860. The van der Waals surface area contributed by atoms with Crippen LogP contribution < -0.4 is 4.74 Å². The van der Waals surface area contributed by atoms with E-state index in [1.54, 1.807) is 0 Å². The summed E-state index contributed by atoms with van der Waals surface area (Å²) in [6.45, 7) is 0.499. The molecule has 0 unspecified atom stereocenters. The van der Waals surface area contributed by atoms with Crippen molar-refractivity contribution < 1.29 is 19.3 Å². The second kappa shape index (κ2) is 12.4. The van der Waals surface area contributed by atoms with Gasteiger partial charge in [-0.25, -0.2) is 0 Å². The average Bonchev–Trinajstić information content (AvgIpc) is 2.99. The van der Waals surface area contributed by atoms with Gasteiger partial charge < -0.3 is 9.47 Å². The van der Waals surface area contributed by atoms with Gasteiger partial charge in [0, 0.05) is 17.2 Å². The number of benzene rings is 5. The Morgan fingerprint density at radius 1 is 0.659 bits per heavy atom. The molecule has 5 aromatic rings. The van der Waals surface area contributed by atoms with Crippen LogP contribution in [-0.2, 0) is 11.3 Å². The van der Waals surface area contributed by atoms with Crippen LogP contribution in [0.15, 0.2) is 97.1 Å². The van der Waals surface area contributed by atoms with Crippen LogP contribution in [0.1, 0.15) is 16.7 Å². The first kappa shape index (κ1) is 26.9. The predicted octanol–water partition coefficient (Wildman–Crippen LogP) is 6.81. The number of ether oxygens (including phenoxy) is 2. The fourth-order valence-corrected chi connectivity index (χ4v) is 4.43. The highest BCUT2D eigenvalue weighted by molar-refractivity contribution is 6.02. The summed E-state index contributed by atoms with van der Waals surface area (Å²) in [6.07, 6.45) is 0. The molecule has 0 aliphatic carbocycles. The van der Waals surface area contributed by atoms with Crippen LogP contribution in [-0.4, -0.2) is 23.1 Å². The largest absolute Gasteiger partial charge is 0.474 e. The molecule has 41 heavy (non-hydrogen) atoms. The van der Waals surface area contributed by atoms with Crippen molar-refractivity contribution in [1.82, 2.24) is 0 Å². The minimum atomic E-state index is -0.731. The van der Waals surface area contributed by atoms with Crippen LogP contribution in [0.3, 0.4) is 0 Å². The Kier molecular flexibility index (Phi) is 8.16. The fourth-order valence-electron chi connectivity index (χ4n) is 4.43. The van der Waals surface area contributed by atoms with Crippen molar-refractivity contribution in [3.05, 3.63) is 134 Å². The summed E-state index contributed by atoms with van der Waals surface area (Å²) >= 11 is 0. The second-order valence-corrected chi connectivity index (χ2v) is 8.89. The molecule has 0 aromatic heterocycles. The molecule has 0 aliphatic heterocycles. The molecule has 0 bridgehead atoms. The van der Waals surface area contributed by atoms with Crippen LogP contribution in [0.25, 0.3) is 21.5 Å². The third-order valence-electron chi connectivity index (χ3n) is 6.33. The number of hydrogen-bond donors (Lipinski definition) is 0. The number of fused-ring (bicyclic) bond motifs is 2. The van der Waals surface area contributed by atoms with Gasteiger partial charge in [-0.2, -0.15) is 0 Å². The van der Waals surface area contributed by atoms with Crippen molar-refractivity contribution in [1.29, 1.82) is 0 Å². The molecule has 0 spiro atoms. The monoisotopic (exact) mass is 542 g/mol. The summed E-state index contributed by atoms with van der Waals surface area (Å²) in [6, 6.07) is 29.2. The molecule has 8 nitrogen and oxygen atoms in total. The highest BCUT2D eigenvalue weighted by atomic mass is 16.6. The molecular weight excluding hydrogens is 520 g/mol. The van der Waals surface area contributed by atoms with Crippen molar-refractivity contribution in [3.8, 4) is 29.4 Å².